The van der Waals surface area contributed by atoms with Crippen LogP contribution in [-0.2, 0) is 4.74 Å². The summed E-state index contributed by atoms with van der Waals surface area (Å²) >= 11 is 5.84. The molecule has 1 aromatic carbocycles. The Labute approximate surface area is 146 Å². The van der Waals surface area contributed by atoms with Crippen molar-refractivity contribution < 1.29 is 9.13 Å². The molecule has 0 atom stereocenters. The Kier molecular flexibility index (Phi) is 4.06. The number of rotatable bonds is 2. The molecule has 0 aliphatic carbocycles. The van der Waals surface area contributed by atoms with E-state index in [2.05, 4.69) is 20.2 Å². The number of halogens is 2. The number of H-pyrrole nitrogens is 1. The maximum Gasteiger partial charge on any atom is 0.290 e. The summed E-state index contributed by atoms with van der Waals surface area (Å²) in [6.45, 7) is 2.27. The van der Waals surface area contributed by atoms with Crippen molar-refractivity contribution in [1.82, 2.24) is 20.2 Å². The zero-order chi connectivity index (χ0) is 17.4. The quantitative estimate of drug-likeness (QED) is 0.751. The molecule has 4 rings (SSSR count). The maximum absolute atomic E-state index is 14.5. The number of aromatic nitrogens is 4. The standard InChI is InChI=1S/C16H13ClFN5O2/c17-9-1-2-10(12(18)7-9)13-11-8-19-22-15(24)14(11)21-16(20-13)23-3-5-25-6-4-23/h1-2,7-8H,3-6H2,(H,22,24). The van der Waals surface area contributed by atoms with E-state index >= 15 is 0 Å². The van der Waals surface area contributed by atoms with Gasteiger partial charge in [-0.25, -0.2) is 19.5 Å². The van der Waals surface area contributed by atoms with Gasteiger partial charge in [-0.3, -0.25) is 4.79 Å². The molecule has 0 bridgehead atoms. The summed E-state index contributed by atoms with van der Waals surface area (Å²) < 4.78 is 19.8. The number of nitrogens with zero attached hydrogens (tertiary/aromatic N) is 4. The number of morpholine rings is 1. The number of anilines is 1. The van der Waals surface area contributed by atoms with E-state index in [-0.39, 0.29) is 16.1 Å². The van der Waals surface area contributed by atoms with E-state index in [1.54, 1.807) is 6.07 Å². The molecule has 3 heterocycles. The van der Waals surface area contributed by atoms with Crippen LogP contribution >= 0.6 is 11.6 Å². The number of hydrogen-bond donors (Lipinski definition) is 1. The molecule has 128 valence electrons. The number of ether oxygens (including phenoxy) is 1. The Hall–Kier alpha value is -2.58. The lowest BCUT2D eigenvalue weighted by atomic mass is 10.1. The van der Waals surface area contributed by atoms with E-state index in [0.29, 0.717) is 43.3 Å². The molecular formula is C16H13ClFN5O2. The SMILES string of the molecule is O=c1[nH]ncc2c(-c3ccc(Cl)cc3F)nc(N3CCOCC3)nc12. The summed E-state index contributed by atoms with van der Waals surface area (Å²) in [6.07, 6.45) is 1.42. The lowest BCUT2D eigenvalue weighted by Crippen LogP contribution is -2.37. The average molecular weight is 362 g/mol. The highest BCUT2D eigenvalue weighted by atomic mass is 35.5. The van der Waals surface area contributed by atoms with Crippen molar-refractivity contribution in [2.45, 2.75) is 0 Å². The molecule has 3 aromatic rings. The van der Waals surface area contributed by atoms with Gasteiger partial charge in [0.25, 0.3) is 5.56 Å². The van der Waals surface area contributed by atoms with Gasteiger partial charge in [-0.2, -0.15) is 5.10 Å². The molecule has 0 unspecified atom stereocenters. The van der Waals surface area contributed by atoms with Gasteiger partial charge >= 0.3 is 0 Å². The van der Waals surface area contributed by atoms with Crippen LogP contribution in [0.4, 0.5) is 10.3 Å². The van der Waals surface area contributed by atoms with Gasteiger partial charge in [-0.05, 0) is 18.2 Å². The average Bonchev–Trinajstić information content (AvgIpc) is 2.62. The molecule has 1 aliphatic heterocycles. The first-order chi connectivity index (χ1) is 12.1. The van der Waals surface area contributed by atoms with Gasteiger partial charge in [-0.1, -0.05) is 11.6 Å². The normalized spacial score (nSPS) is 14.9. The monoisotopic (exact) mass is 361 g/mol. The van der Waals surface area contributed by atoms with Crippen LogP contribution in [0.2, 0.25) is 5.02 Å². The lowest BCUT2D eigenvalue weighted by Gasteiger charge is -2.27. The fourth-order valence-corrected chi connectivity index (χ4v) is 2.91. The predicted molar refractivity (Wildman–Crippen MR) is 91.4 cm³/mol. The topological polar surface area (TPSA) is 84.0 Å². The van der Waals surface area contributed by atoms with E-state index < -0.39 is 11.4 Å². The molecule has 0 radical (unpaired) electrons. The second kappa shape index (κ2) is 6.38. The molecule has 9 heteroatoms. The largest absolute Gasteiger partial charge is 0.378 e. The van der Waals surface area contributed by atoms with Crippen molar-refractivity contribution in [3.63, 3.8) is 0 Å². The van der Waals surface area contributed by atoms with Crippen LogP contribution in [0.3, 0.4) is 0 Å². The Balaban J connectivity index is 1.98. The van der Waals surface area contributed by atoms with Crippen LogP contribution in [0.25, 0.3) is 22.2 Å². The minimum Gasteiger partial charge on any atom is -0.378 e. The molecule has 1 aliphatic rings. The van der Waals surface area contributed by atoms with Gasteiger partial charge in [0.2, 0.25) is 5.95 Å². The van der Waals surface area contributed by atoms with E-state index in [1.807, 2.05) is 4.90 Å². The summed E-state index contributed by atoms with van der Waals surface area (Å²) in [5.74, 6) is -0.169. The van der Waals surface area contributed by atoms with Crippen molar-refractivity contribution in [2.24, 2.45) is 0 Å². The molecule has 0 amide bonds. The number of nitrogens with one attached hydrogen (secondary N) is 1. The van der Waals surface area contributed by atoms with Gasteiger partial charge in [0, 0.05) is 23.7 Å². The first-order valence-corrected chi connectivity index (χ1v) is 8.05. The second-order valence-corrected chi connectivity index (χ2v) is 5.99. The molecule has 25 heavy (non-hydrogen) atoms. The van der Waals surface area contributed by atoms with Crippen LogP contribution in [0.1, 0.15) is 0 Å². The third kappa shape index (κ3) is 2.94. The summed E-state index contributed by atoms with van der Waals surface area (Å²) in [7, 11) is 0. The highest BCUT2D eigenvalue weighted by Gasteiger charge is 2.20. The summed E-state index contributed by atoms with van der Waals surface area (Å²) in [5, 5.41) is 6.80. The zero-order valence-corrected chi connectivity index (χ0v) is 13.8. The van der Waals surface area contributed by atoms with Gasteiger partial charge in [0.1, 0.15) is 11.3 Å². The smallest absolute Gasteiger partial charge is 0.290 e. The molecule has 1 fully saturated rings. The predicted octanol–water partition coefficient (Wildman–Crippen LogP) is 2.01. The summed E-state index contributed by atoms with van der Waals surface area (Å²) in [5.41, 5.74) is 0.249. The molecule has 1 N–H and O–H groups in total. The molecule has 0 spiro atoms. The lowest BCUT2D eigenvalue weighted by molar-refractivity contribution is 0.122. The van der Waals surface area contributed by atoms with E-state index in [9.17, 15) is 9.18 Å². The Bertz CT molecular complexity index is 1000. The molecule has 0 saturated carbocycles. The van der Waals surface area contributed by atoms with Crippen molar-refractivity contribution in [1.29, 1.82) is 0 Å². The zero-order valence-electron chi connectivity index (χ0n) is 13.0. The third-order valence-corrected chi connectivity index (χ3v) is 4.22. The molecular weight excluding hydrogens is 349 g/mol. The number of fused-ring (bicyclic) bond motifs is 1. The third-order valence-electron chi connectivity index (χ3n) is 3.99. The van der Waals surface area contributed by atoms with Crippen molar-refractivity contribution in [3.8, 4) is 11.3 Å². The van der Waals surface area contributed by atoms with E-state index in [4.69, 9.17) is 16.3 Å². The van der Waals surface area contributed by atoms with Gasteiger partial charge in [0.15, 0.2) is 0 Å². The highest BCUT2D eigenvalue weighted by molar-refractivity contribution is 6.30. The van der Waals surface area contributed by atoms with Crippen LogP contribution in [-0.4, -0.2) is 46.5 Å². The minimum atomic E-state index is -0.527. The number of aromatic amines is 1. The van der Waals surface area contributed by atoms with Crippen LogP contribution in [0.15, 0.2) is 29.2 Å². The first-order valence-electron chi connectivity index (χ1n) is 7.67. The Morgan fingerprint density at radius 1 is 1.24 bits per heavy atom. The first kappa shape index (κ1) is 15.9. The number of hydrogen-bond acceptors (Lipinski definition) is 6. The van der Waals surface area contributed by atoms with Gasteiger partial charge in [0.05, 0.1) is 30.5 Å². The Morgan fingerprint density at radius 3 is 2.80 bits per heavy atom. The molecule has 1 saturated heterocycles. The van der Waals surface area contributed by atoms with Crippen LogP contribution in [0.5, 0.6) is 0 Å². The van der Waals surface area contributed by atoms with E-state index in [1.165, 1.54) is 18.3 Å². The molecule has 2 aromatic heterocycles. The summed E-state index contributed by atoms with van der Waals surface area (Å²) in [4.78, 5) is 22.9. The minimum absolute atomic E-state index is 0.163. The van der Waals surface area contributed by atoms with Crippen molar-refractivity contribution in [3.05, 3.63) is 45.6 Å². The molecule has 7 nitrogen and oxygen atoms in total. The van der Waals surface area contributed by atoms with Crippen molar-refractivity contribution in [2.75, 3.05) is 31.2 Å². The summed E-state index contributed by atoms with van der Waals surface area (Å²) in [6, 6.07) is 4.31. The number of benzene rings is 1. The van der Waals surface area contributed by atoms with Crippen LogP contribution < -0.4 is 10.5 Å². The van der Waals surface area contributed by atoms with Gasteiger partial charge < -0.3 is 9.64 Å². The van der Waals surface area contributed by atoms with Crippen molar-refractivity contribution >= 4 is 28.5 Å². The van der Waals surface area contributed by atoms with Crippen LogP contribution in [0, 0.1) is 5.82 Å². The van der Waals surface area contributed by atoms with E-state index in [0.717, 1.165) is 0 Å². The second-order valence-electron chi connectivity index (χ2n) is 5.56. The maximum atomic E-state index is 14.5. The Morgan fingerprint density at radius 2 is 2.04 bits per heavy atom. The highest BCUT2D eigenvalue weighted by Crippen LogP contribution is 2.30. The van der Waals surface area contributed by atoms with Gasteiger partial charge in [-0.15, -0.1) is 0 Å². The fourth-order valence-electron chi connectivity index (χ4n) is 2.75. The fraction of sp³-hybridized carbons (Fsp3) is 0.250.